The first-order valence-electron chi connectivity index (χ1n) is 30.5. The van der Waals surface area contributed by atoms with E-state index in [0.717, 1.165) is 9.80 Å². The number of aliphatic hydroxyl groups excluding tert-OH is 1. The Morgan fingerprint density at radius 2 is 1.00 bits per heavy atom. The average Bonchev–Trinajstić information content (AvgIpc) is 3.44. The maximum Gasteiger partial charge on any atom is 0.246 e. The Labute approximate surface area is 509 Å². The molecule has 0 aliphatic heterocycles. The molecule has 0 bridgehead atoms. The van der Waals surface area contributed by atoms with Crippen molar-refractivity contribution in [2.45, 2.75) is 230 Å². The lowest BCUT2D eigenvalue weighted by Gasteiger charge is -2.41. The fourth-order valence-electron chi connectivity index (χ4n) is 9.98. The van der Waals surface area contributed by atoms with Gasteiger partial charge < -0.3 is 61.5 Å². The van der Waals surface area contributed by atoms with E-state index in [1.165, 1.54) is 61.8 Å². The predicted molar refractivity (Wildman–Crippen MR) is 330 cm³/mol. The molecule has 11 amide bonds. The Hall–Kier alpha value is -6.13. The Kier molecular flexibility index (Phi) is 33.5. The van der Waals surface area contributed by atoms with E-state index in [4.69, 9.17) is 5.73 Å². The molecule has 488 valence electrons. The van der Waals surface area contributed by atoms with Crippen LogP contribution in [0.3, 0.4) is 0 Å². The predicted octanol–water partition coefficient (Wildman–Crippen LogP) is 3.69. The van der Waals surface area contributed by atoms with Gasteiger partial charge in [0.25, 0.3) is 0 Å². The summed E-state index contributed by atoms with van der Waals surface area (Å²) in [7, 11) is 8.63. The zero-order chi connectivity index (χ0) is 66.5. The number of likely N-dealkylation sites (N-methyl/N-ethyl adjacent to an activating group) is 6. The largest absolute Gasteiger partial charge is 0.390 e. The van der Waals surface area contributed by atoms with Gasteiger partial charge in [-0.25, -0.2) is 0 Å². The number of allylic oxidation sites excluding steroid dienone is 2. The Morgan fingerprint density at radius 1 is 0.529 bits per heavy atom. The molecule has 7 N–H and O–H groups in total. The first-order valence-corrected chi connectivity index (χ1v) is 30.5. The number of hydrogen-bond acceptors (Lipinski definition) is 12. The van der Waals surface area contributed by atoms with Crippen LogP contribution in [-0.2, 0) is 52.7 Å². The van der Waals surface area contributed by atoms with Gasteiger partial charge in [-0.1, -0.05) is 122 Å². The molecule has 0 saturated heterocycles. The number of amides is 11. The molecule has 0 aromatic rings. The summed E-state index contributed by atoms with van der Waals surface area (Å²) in [6, 6.07) is -10.4. The second-order valence-electron chi connectivity index (χ2n) is 26.0. The van der Waals surface area contributed by atoms with Crippen LogP contribution in [0.25, 0.3) is 0 Å². The average molecular weight is 1200 g/mol. The van der Waals surface area contributed by atoms with E-state index in [0.29, 0.717) is 19.3 Å². The first kappa shape index (κ1) is 78.9. The van der Waals surface area contributed by atoms with Crippen LogP contribution in [-0.4, -0.2) is 209 Å². The zero-order valence-electron chi connectivity index (χ0n) is 56.2. The molecule has 0 saturated carbocycles. The van der Waals surface area contributed by atoms with Gasteiger partial charge in [0.1, 0.15) is 54.4 Å². The third kappa shape index (κ3) is 23.6. The van der Waals surface area contributed by atoms with Gasteiger partial charge in [0.05, 0.1) is 12.6 Å². The van der Waals surface area contributed by atoms with Crippen LogP contribution in [0.2, 0.25) is 0 Å². The molecule has 85 heavy (non-hydrogen) atoms. The zero-order valence-corrected chi connectivity index (χ0v) is 56.2. The number of aliphatic hydroxyl groups is 1. The van der Waals surface area contributed by atoms with Crippen LogP contribution >= 0.6 is 0 Å². The summed E-state index contributed by atoms with van der Waals surface area (Å²) in [5.41, 5.74) is 5.17. The van der Waals surface area contributed by atoms with Gasteiger partial charge in [-0.05, 0) is 94.3 Å². The van der Waals surface area contributed by atoms with Gasteiger partial charge in [0, 0.05) is 48.2 Å². The van der Waals surface area contributed by atoms with Crippen molar-refractivity contribution < 1.29 is 57.8 Å². The molecule has 0 fully saturated rings. The highest BCUT2D eigenvalue weighted by molar-refractivity contribution is 5.98. The highest BCUT2D eigenvalue weighted by atomic mass is 16.3. The number of rotatable bonds is 35. The lowest BCUT2D eigenvalue weighted by Crippen LogP contribution is -2.63. The fourth-order valence-corrected chi connectivity index (χ4v) is 9.98. The number of nitrogens with zero attached hydrogens (tertiary/aromatic N) is 6. The molecular weight excluding hydrogens is 1090 g/mol. The van der Waals surface area contributed by atoms with Gasteiger partial charge in [-0.2, -0.15) is 0 Å². The van der Waals surface area contributed by atoms with Gasteiger partial charge >= 0.3 is 0 Å². The summed E-state index contributed by atoms with van der Waals surface area (Å²) in [5.74, 6) is -8.79. The lowest BCUT2D eigenvalue weighted by atomic mass is 9.81. The number of nitrogens with two attached hydrogens (primary N) is 1. The van der Waals surface area contributed by atoms with Crippen molar-refractivity contribution in [1.82, 2.24) is 50.7 Å². The quantitative estimate of drug-likeness (QED) is 0.0496. The van der Waals surface area contributed by atoms with Crippen molar-refractivity contribution in [3.05, 3.63) is 12.2 Å². The molecule has 1 unspecified atom stereocenters. The standard InChI is InChI=1S/C62H113N11O12/c1-25-28-30-39(12)51(75)50(56(80)66-43(27-3)54(78)64-34-48(74)69(20)45(29-26-2)52(63)76)73(24)61(85)49(38(10)11)72(23)60(84)47(33-37(8)9)71(22)59(83)46(32-36(6)7)70(21)58(82)41(14)65-55(79)44(31-35(4)5)67-53(77)42(15)68(19)57(81)40(13)62(16,17)18/h25,28,35-47,49-51,75H,26-27,29-34H2,1-24H3,(H2,63,76)(H,64,78)(H,65,79)(H,66,80)(H,67,77)/b28-25+/t39-,40-,41-,42-,43+,44-,45+,46+,47+,49-,50?,51-/m0/s1. The maximum absolute atomic E-state index is 15.1. The molecular formula is C62H113N11O12. The second kappa shape index (κ2) is 36.1. The van der Waals surface area contributed by atoms with E-state index < -0.39 is 144 Å². The minimum absolute atomic E-state index is 0.0455. The number of nitrogens with one attached hydrogen (secondary N) is 4. The topological polar surface area (TPSA) is 302 Å². The van der Waals surface area contributed by atoms with Crippen molar-refractivity contribution in [2.24, 2.45) is 46.7 Å². The van der Waals surface area contributed by atoms with Crippen LogP contribution < -0.4 is 27.0 Å². The van der Waals surface area contributed by atoms with Crippen molar-refractivity contribution in [3.8, 4) is 0 Å². The molecule has 12 atom stereocenters. The monoisotopic (exact) mass is 1200 g/mol. The molecule has 0 radical (unpaired) electrons. The highest BCUT2D eigenvalue weighted by Gasteiger charge is 2.45. The van der Waals surface area contributed by atoms with E-state index in [9.17, 15) is 48.3 Å². The van der Waals surface area contributed by atoms with Gasteiger partial charge in [-0.15, -0.1) is 0 Å². The first-order chi connectivity index (χ1) is 39.1. The van der Waals surface area contributed by atoms with E-state index in [1.54, 1.807) is 67.7 Å². The third-order valence-electron chi connectivity index (χ3n) is 16.2. The summed E-state index contributed by atoms with van der Waals surface area (Å²) in [6.45, 7) is 31.8. The molecule has 0 aromatic heterocycles. The van der Waals surface area contributed by atoms with Crippen LogP contribution in [0.5, 0.6) is 0 Å². The smallest absolute Gasteiger partial charge is 0.246 e. The summed E-state index contributed by atoms with van der Waals surface area (Å²) >= 11 is 0. The van der Waals surface area contributed by atoms with Gasteiger partial charge in [0.2, 0.25) is 65.0 Å². The Balaban J connectivity index is 7.07. The highest BCUT2D eigenvalue weighted by Crippen LogP contribution is 2.28. The lowest BCUT2D eigenvalue weighted by molar-refractivity contribution is -0.157. The van der Waals surface area contributed by atoms with Crippen LogP contribution in [0, 0.1) is 40.9 Å². The molecule has 0 aliphatic rings. The van der Waals surface area contributed by atoms with E-state index in [-0.39, 0.29) is 54.8 Å². The molecule has 0 spiro atoms. The van der Waals surface area contributed by atoms with Crippen molar-refractivity contribution in [3.63, 3.8) is 0 Å². The summed E-state index contributed by atoms with van der Waals surface area (Å²) < 4.78 is 0. The number of carbonyl (C=O) groups excluding carboxylic acids is 11. The van der Waals surface area contributed by atoms with Gasteiger partial charge in [0.15, 0.2) is 0 Å². The molecule has 0 heterocycles. The minimum atomic E-state index is -1.60. The SMILES string of the molecule is C/C=C/C[C@H](C)[C@H](O)C(C(=O)N[C@H](CC)C(=O)NCC(=O)N(C)[C@H](CCC)C(N)=O)N(C)C(=O)[C@H](C(C)C)N(C)C(=O)[C@@H](CC(C)C)N(C)C(=O)[C@@H](CC(C)C)N(C)C(=O)[C@H](C)NC(=O)[C@H](CC(C)C)NC(=O)[C@H](C)N(C)C(=O)[C@H](C)C(C)(C)C. The molecule has 23 nitrogen and oxygen atoms in total. The van der Waals surface area contributed by atoms with Crippen LogP contribution in [0.15, 0.2) is 12.2 Å². The second-order valence-corrected chi connectivity index (χ2v) is 26.0. The third-order valence-corrected chi connectivity index (χ3v) is 16.2. The van der Waals surface area contributed by atoms with Crippen LogP contribution in [0.4, 0.5) is 0 Å². The number of primary amides is 1. The Bertz CT molecular complexity index is 2280. The summed E-state index contributed by atoms with van der Waals surface area (Å²) in [4.78, 5) is 161. The number of carbonyl (C=O) groups is 11. The van der Waals surface area contributed by atoms with E-state index in [2.05, 4.69) is 21.3 Å². The van der Waals surface area contributed by atoms with Crippen molar-refractivity contribution in [2.75, 3.05) is 48.8 Å². The number of hydrogen-bond donors (Lipinski definition) is 6. The van der Waals surface area contributed by atoms with Gasteiger partial charge in [-0.3, -0.25) is 52.7 Å². The molecule has 23 heteroatoms. The minimum Gasteiger partial charge on any atom is -0.390 e. The van der Waals surface area contributed by atoms with E-state index in [1.807, 2.05) is 69.2 Å². The summed E-state index contributed by atoms with van der Waals surface area (Å²) in [6.07, 6.45) is 3.86. The van der Waals surface area contributed by atoms with Crippen LogP contribution in [0.1, 0.15) is 170 Å². The van der Waals surface area contributed by atoms with E-state index >= 15 is 9.59 Å². The fraction of sp³-hybridized carbons (Fsp3) is 0.790. The molecule has 0 rings (SSSR count). The van der Waals surface area contributed by atoms with Crippen molar-refractivity contribution >= 4 is 65.0 Å². The van der Waals surface area contributed by atoms with Crippen molar-refractivity contribution in [1.29, 1.82) is 0 Å². The normalized spacial score (nSPS) is 16.1. The summed E-state index contributed by atoms with van der Waals surface area (Å²) in [5, 5.41) is 22.7. The maximum atomic E-state index is 15.1. The molecule has 0 aromatic carbocycles. The molecule has 0 aliphatic carbocycles. The Morgan fingerprint density at radius 3 is 1.44 bits per heavy atom.